The highest BCUT2D eigenvalue weighted by Gasteiger charge is 2.35. The van der Waals surface area contributed by atoms with Crippen molar-refractivity contribution in [2.75, 3.05) is 11.8 Å². The maximum Gasteiger partial charge on any atom is 0.417 e. The predicted molar refractivity (Wildman–Crippen MR) is 123 cm³/mol. The first kappa shape index (κ1) is 26.7. The summed E-state index contributed by atoms with van der Waals surface area (Å²) in [5.41, 5.74) is -2.63. The Kier molecular flexibility index (Phi) is 7.65. The van der Waals surface area contributed by atoms with Gasteiger partial charge in [0.2, 0.25) is 5.78 Å². The van der Waals surface area contributed by atoms with Crippen LogP contribution in [0.2, 0.25) is 15.1 Å². The average Bonchev–Trinajstić information content (AvgIpc) is 2.77. The van der Waals surface area contributed by atoms with Crippen LogP contribution >= 0.6 is 34.8 Å². The van der Waals surface area contributed by atoms with Gasteiger partial charge in [0, 0.05) is 11.8 Å². The number of carbonyl (C=O) groups excluding carboxylic acids is 2. The lowest BCUT2D eigenvalue weighted by Crippen LogP contribution is -2.18. The number of nitrogens with zero attached hydrogens (tertiary/aromatic N) is 1. The van der Waals surface area contributed by atoms with Crippen molar-refractivity contribution < 1.29 is 35.9 Å². The maximum atomic E-state index is 13.2. The molecule has 0 radical (unpaired) electrons. The fourth-order valence-corrected chi connectivity index (χ4v) is 4.65. The summed E-state index contributed by atoms with van der Waals surface area (Å²) in [7, 11) is -3.56. The Hall–Kier alpha value is -2.86. The van der Waals surface area contributed by atoms with Crippen LogP contribution in [0, 0.1) is 0 Å². The number of benzene rings is 2. The molecule has 0 amide bonds. The van der Waals surface area contributed by atoms with Crippen molar-refractivity contribution in [1.82, 2.24) is 4.98 Å². The Morgan fingerprint density at radius 3 is 2.31 bits per heavy atom. The largest absolute Gasteiger partial charge is 0.465 e. The minimum atomic E-state index is -4.91. The van der Waals surface area contributed by atoms with Crippen LogP contribution in [0.5, 0.6) is 0 Å². The van der Waals surface area contributed by atoms with Crippen molar-refractivity contribution in [1.29, 1.82) is 0 Å². The molecule has 184 valence electrons. The van der Waals surface area contributed by atoms with Gasteiger partial charge in [-0.25, -0.2) is 18.2 Å². The highest BCUT2D eigenvalue weighted by molar-refractivity contribution is 7.92. The van der Waals surface area contributed by atoms with Crippen molar-refractivity contribution in [2.24, 2.45) is 0 Å². The smallest absolute Gasteiger partial charge is 0.417 e. The van der Waals surface area contributed by atoms with Crippen LogP contribution in [0.1, 0.15) is 32.0 Å². The molecule has 0 aliphatic carbocycles. The average molecular weight is 568 g/mol. The molecule has 2 aromatic carbocycles. The zero-order valence-electron chi connectivity index (χ0n) is 17.3. The topological polar surface area (TPSA) is 102 Å². The number of nitrogens with one attached hydrogen (secondary N) is 1. The van der Waals surface area contributed by atoms with E-state index in [1.54, 1.807) is 0 Å². The molecular formula is C21H12Cl3F3N2O5S. The predicted octanol–water partition coefficient (Wildman–Crippen LogP) is 5.88. The number of hydrogen-bond donors (Lipinski definition) is 1. The number of anilines is 1. The summed E-state index contributed by atoms with van der Waals surface area (Å²) in [6, 6.07) is 6.94. The Morgan fingerprint density at radius 2 is 1.69 bits per heavy atom. The first-order chi connectivity index (χ1) is 16.3. The molecule has 35 heavy (non-hydrogen) atoms. The van der Waals surface area contributed by atoms with Crippen LogP contribution in [-0.2, 0) is 20.9 Å². The molecule has 3 rings (SSSR count). The minimum Gasteiger partial charge on any atom is -0.465 e. The second-order valence-electron chi connectivity index (χ2n) is 6.78. The number of ether oxygens (including phenoxy) is 1. The van der Waals surface area contributed by atoms with E-state index in [1.165, 1.54) is 18.2 Å². The second kappa shape index (κ2) is 10.0. The standard InChI is InChI=1S/C21H12Cl3F3N2O5S/c1-34-20(31)13-4-2-3-12(17(13)24)19(30)18-16(7-10(22)9-28-18)29-35(32,33)11-5-6-15(23)14(8-11)21(25,26)27/h2-9,29H,1H3. The third-order valence-corrected chi connectivity index (χ3v) is 6.82. The van der Waals surface area contributed by atoms with Crippen molar-refractivity contribution in [2.45, 2.75) is 11.1 Å². The zero-order valence-corrected chi connectivity index (χ0v) is 20.4. The molecule has 1 aromatic heterocycles. The number of alkyl halides is 3. The van der Waals surface area contributed by atoms with E-state index in [9.17, 15) is 31.2 Å². The van der Waals surface area contributed by atoms with Crippen LogP contribution in [0.4, 0.5) is 18.9 Å². The molecule has 7 nitrogen and oxygen atoms in total. The van der Waals surface area contributed by atoms with Gasteiger partial charge in [0.05, 0.1) is 43.9 Å². The number of methoxy groups -OCH3 is 1. The Morgan fingerprint density at radius 1 is 1.03 bits per heavy atom. The summed E-state index contributed by atoms with van der Waals surface area (Å²) >= 11 is 17.6. The number of halogens is 6. The van der Waals surface area contributed by atoms with Gasteiger partial charge < -0.3 is 4.74 Å². The van der Waals surface area contributed by atoms with E-state index in [4.69, 9.17) is 34.8 Å². The van der Waals surface area contributed by atoms with Gasteiger partial charge in [-0.3, -0.25) is 9.52 Å². The molecule has 1 heterocycles. The van der Waals surface area contributed by atoms with Gasteiger partial charge >= 0.3 is 12.1 Å². The summed E-state index contributed by atoms with van der Waals surface area (Å²) in [5.74, 6) is -1.72. The lowest BCUT2D eigenvalue weighted by atomic mass is 10.0. The minimum absolute atomic E-state index is 0.0826. The van der Waals surface area contributed by atoms with Crippen LogP contribution in [0.3, 0.4) is 0 Å². The molecule has 0 fully saturated rings. The molecule has 0 atom stereocenters. The monoisotopic (exact) mass is 566 g/mol. The molecule has 0 aliphatic rings. The Labute approximate surface area is 211 Å². The summed E-state index contributed by atoms with van der Waals surface area (Å²) in [6.07, 6.45) is -3.86. The number of carbonyl (C=O) groups is 2. The van der Waals surface area contributed by atoms with E-state index in [2.05, 4.69) is 9.72 Å². The van der Waals surface area contributed by atoms with Gasteiger partial charge in [0.1, 0.15) is 5.69 Å². The summed E-state index contributed by atoms with van der Waals surface area (Å²) in [5, 5.41) is -1.06. The Balaban J connectivity index is 2.08. The first-order valence-electron chi connectivity index (χ1n) is 9.23. The molecule has 0 saturated carbocycles. The van der Waals surface area contributed by atoms with Crippen molar-refractivity contribution in [3.63, 3.8) is 0 Å². The molecular weight excluding hydrogens is 556 g/mol. The van der Waals surface area contributed by atoms with Gasteiger partial charge in [0.15, 0.2) is 0 Å². The molecule has 0 aliphatic heterocycles. The highest BCUT2D eigenvalue weighted by atomic mass is 35.5. The first-order valence-corrected chi connectivity index (χ1v) is 11.8. The van der Waals surface area contributed by atoms with Crippen LogP contribution in [0.15, 0.2) is 53.6 Å². The van der Waals surface area contributed by atoms with Crippen LogP contribution < -0.4 is 4.72 Å². The van der Waals surface area contributed by atoms with Crippen molar-refractivity contribution in [3.05, 3.63) is 86.1 Å². The third kappa shape index (κ3) is 5.69. The van der Waals surface area contributed by atoms with Crippen molar-refractivity contribution >= 4 is 62.3 Å². The number of rotatable bonds is 6. The third-order valence-electron chi connectivity index (χ3n) is 4.52. The molecule has 14 heteroatoms. The van der Waals surface area contributed by atoms with E-state index in [1.807, 2.05) is 4.72 Å². The molecule has 1 N–H and O–H groups in total. The zero-order chi connectivity index (χ0) is 26.1. The fourth-order valence-electron chi connectivity index (χ4n) is 2.89. The van der Waals surface area contributed by atoms with E-state index in [0.29, 0.717) is 6.07 Å². The summed E-state index contributed by atoms with van der Waals surface area (Å²) in [4.78, 5) is 28.1. The molecule has 0 unspecified atom stereocenters. The van der Waals surface area contributed by atoms with Gasteiger partial charge in [0.25, 0.3) is 10.0 Å². The van der Waals surface area contributed by atoms with Crippen LogP contribution in [0.25, 0.3) is 0 Å². The van der Waals surface area contributed by atoms with Crippen LogP contribution in [-0.4, -0.2) is 32.3 Å². The lowest BCUT2D eigenvalue weighted by Gasteiger charge is -2.15. The lowest BCUT2D eigenvalue weighted by molar-refractivity contribution is -0.137. The number of sulfonamides is 1. The number of esters is 1. The van der Waals surface area contributed by atoms with E-state index in [-0.39, 0.29) is 21.2 Å². The van der Waals surface area contributed by atoms with Crippen molar-refractivity contribution in [3.8, 4) is 0 Å². The Bertz CT molecular complexity index is 1450. The second-order valence-corrected chi connectivity index (χ2v) is 9.69. The molecule has 0 bridgehead atoms. The number of aromatic nitrogens is 1. The summed E-state index contributed by atoms with van der Waals surface area (Å²) < 4.78 is 71.9. The van der Waals surface area contributed by atoms with E-state index in [0.717, 1.165) is 31.5 Å². The van der Waals surface area contributed by atoms with E-state index < -0.39 is 54.8 Å². The maximum absolute atomic E-state index is 13.2. The molecule has 0 spiro atoms. The van der Waals surface area contributed by atoms with Gasteiger partial charge in [-0.2, -0.15) is 13.2 Å². The number of hydrogen-bond acceptors (Lipinski definition) is 6. The normalized spacial score (nSPS) is 11.7. The fraction of sp³-hybridized carbons (Fsp3) is 0.0952. The van der Waals surface area contributed by atoms with Gasteiger partial charge in [-0.05, 0) is 36.4 Å². The number of ketones is 1. The quantitative estimate of drug-likeness (QED) is 0.295. The number of pyridine rings is 1. The molecule has 0 saturated heterocycles. The molecule has 3 aromatic rings. The highest BCUT2D eigenvalue weighted by Crippen LogP contribution is 2.36. The SMILES string of the molecule is COC(=O)c1cccc(C(=O)c2ncc(Cl)cc2NS(=O)(=O)c2ccc(Cl)c(C(F)(F)F)c2)c1Cl. The van der Waals surface area contributed by atoms with E-state index >= 15 is 0 Å². The summed E-state index contributed by atoms with van der Waals surface area (Å²) in [6.45, 7) is 0. The van der Waals surface area contributed by atoms with Gasteiger partial charge in [-0.1, -0.05) is 40.9 Å². The van der Waals surface area contributed by atoms with Gasteiger partial charge in [-0.15, -0.1) is 0 Å².